The third-order valence-corrected chi connectivity index (χ3v) is 4.54. The highest BCUT2D eigenvalue weighted by Crippen LogP contribution is 2.11. The van der Waals surface area contributed by atoms with E-state index in [1.165, 1.54) is 5.56 Å². The molecule has 0 atom stereocenters. The van der Waals surface area contributed by atoms with Crippen LogP contribution in [0, 0.1) is 0 Å². The van der Waals surface area contributed by atoms with Crippen molar-refractivity contribution in [3.05, 3.63) is 66.0 Å². The molecule has 0 aliphatic heterocycles. The summed E-state index contributed by atoms with van der Waals surface area (Å²) in [6.07, 6.45) is 4.39. The Balaban J connectivity index is 1.52. The molecule has 0 fully saturated rings. The van der Waals surface area contributed by atoms with Gasteiger partial charge in [0.1, 0.15) is 0 Å². The lowest BCUT2D eigenvalue weighted by Gasteiger charge is -2.12. The van der Waals surface area contributed by atoms with Gasteiger partial charge in [0.15, 0.2) is 0 Å². The molecule has 2 heterocycles. The first-order chi connectivity index (χ1) is 16.3. The lowest BCUT2D eigenvalue weighted by atomic mass is 10.1. The fourth-order valence-electron chi connectivity index (χ4n) is 2.90. The van der Waals surface area contributed by atoms with Crippen LogP contribution in [0.1, 0.15) is 11.1 Å². The maximum atomic E-state index is 5.54. The number of rotatable bonds is 16. The van der Waals surface area contributed by atoms with E-state index < -0.39 is 0 Å². The Morgan fingerprint density at radius 3 is 2.00 bits per heavy atom. The summed E-state index contributed by atoms with van der Waals surface area (Å²) in [5.74, 6) is 1.48. The molecule has 176 valence electrons. The van der Waals surface area contributed by atoms with Gasteiger partial charge in [0, 0.05) is 38.6 Å². The Morgan fingerprint density at radius 1 is 0.667 bits per heavy atom. The Bertz CT molecular complexity index is 915. The first kappa shape index (κ1) is 24.3. The SMILES string of the molecule is NCCOCCOCCNc1nc(NCCc2ccccc2)nc(NCc2ccncc2)n1. The molecule has 0 radical (unpaired) electrons. The van der Waals surface area contributed by atoms with E-state index in [1.54, 1.807) is 12.4 Å². The predicted molar refractivity (Wildman–Crippen MR) is 129 cm³/mol. The number of hydrogen-bond donors (Lipinski definition) is 4. The van der Waals surface area contributed by atoms with Gasteiger partial charge < -0.3 is 31.2 Å². The highest BCUT2D eigenvalue weighted by Gasteiger charge is 2.07. The molecule has 0 bridgehead atoms. The number of nitrogens with two attached hydrogens (primary N) is 1. The molecular formula is C23H32N8O2. The van der Waals surface area contributed by atoms with E-state index in [2.05, 4.69) is 48.0 Å². The maximum Gasteiger partial charge on any atom is 0.229 e. The van der Waals surface area contributed by atoms with Gasteiger partial charge in [-0.1, -0.05) is 30.3 Å². The van der Waals surface area contributed by atoms with Crippen molar-refractivity contribution in [3.63, 3.8) is 0 Å². The maximum absolute atomic E-state index is 5.54. The number of nitrogens with one attached hydrogen (secondary N) is 3. The van der Waals surface area contributed by atoms with Crippen LogP contribution in [0.2, 0.25) is 0 Å². The molecule has 3 rings (SSSR count). The number of benzene rings is 1. The summed E-state index contributed by atoms with van der Waals surface area (Å²) < 4.78 is 10.8. The van der Waals surface area contributed by atoms with Crippen molar-refractivity contribution in [2.45, 2.75) is 13.0 Å². The van der Waals surface area contributed by atoms with Crippen molar-refractivity contribution in [2.75, 3.05) is 62.0 Å². The molecule has 3 aromatic rings. The summed E-state index contributed by atoms with van der Waals surface area (Å²) >= 11 is 0. The van der Waals surface area contributed by atoms with E-state index in [9.17, 15) is 0 Å². The van der Waals surface area contributed by atoms with Crippen molar-refractivity contribution in [1.29, 1.82) is 0 Å². The summed E-state index contributed by atoms with van der Waals surface area (Å²) in [7, 11) is 0. The number of pyridine rings is 1. The largest absolute Gasteiger partial charge is 0.378 e. The zero-order valence-electron chi connectivity index (χ0n) is 18.7. The minimum Gasteiger partial charge on any atom is -0.378 e. The summed E-state index contributed by atoms with van der Waals surface area (Å²) in [5, 5.41) is 9.74. The number of aromatic nitrogens is 4. The Labute approximate surface area is 194 Å². The smallest absolute Gasteiger partial charge is 0.229 e. The second kappa shape index (κ2) is 14.7. The molecule has 33 heavy (non-hydrogen) atoms. The molecule has 0 spiro atoms. The van der Waals surface area contributed by atoms with Gasteiger partial charge in [0.2, 0.25) is 17.8 Å². The summed E-state index contributed by atoms with van der Waals surface area (Å²) in [6.45, 7) is 4.47. The average molecular weight is 453 g/mol. The lowest BCUT2D eigenvalue weighted by Crippen LogP contribution is -2.17. The van der Waals surface area contributed by atoms with Gasteiger partial charge in [-0.3, -0.25) is 4.98 Å². The fourth-order valence-corrected chi connectivity index (χ4v) is 2.90. The lowest BCUT2D eigenvalue weighted by molar-refractivity contribution is 0.0547. The van der Waals surface area contributed by atoms with Gasteiger partial charge in [-0.15, -0.1) is 0 Å². The van der Waals surface area contributed by atoms with Gasteiger partial charge >= 0.3 is 0 Å². The van der Waals surface area contributed by atoms with Crippen molar-refractivity contribution in [3.8, 4) is 0 Å². The van der Waals surface area contributed by atoms with Crippen LogP contribution in [0.15, 0.2) is 54.9 Å². The molecule has 0 saturated heterocycles. The highest BCUT2D eigenvalue weighted by atomic mass is 16.5. The van der Waals surface area contributed by atoms with Gasteiger partial charge in [-0.2, -0.15) is 15.0 Å². The van der Waals surface area contributed by atoms with Crippen LogP contribution in [0.25, 0.3) is 0 Å². The second-order valence-corrected chi connectivity index (χ2v) is 7.12. The molecular weight excluding hydrogens is 420 g/mol. The van der Waals surface area contributed by atoms with Crippen LogP contribution >= 0.6 is 0 Å². The third-order valence-electron chi connectivity index (χ3n) is 4.54. The normalized spacial score (nSPS) is 10.7. The van der Waals surface area contributed by atoms with E-state index in [-0.39, 0.29) is 0 Å². The molecule has 2 aromatic heterocycles. The van der Waals surface area contributed by atoms with Crippen molar-refractivity contribution in [2.24, 2.45) is 5.73 Å². The molecule has 0 amide bonds. The van der Waals surface area contributed by atoms with Crippen LogP contribution in [0.4, 0.5) is 17.8 Å². The van der Waals surface area contributed by atoms with Gasteiger partial charge in [-0.05, 0) is 29.7 Å². The van der Waals surface area contributed by atoms with Crippen LogP contribution in [-0.2, 0) is 22.4 Å². The summed E-state index contributed by atoms with van der Waals surface area (Å²) in [6, 6.07) is 14.2. The minimum absolute atomic E-state index is 0.479. The van der Waals surface area contributed by atoms with Crippen LogP contribution < -0.4 is 21.7 Å². The molecule has 0 aliphatic carbocycles. The van der Waals surface area contributed by atoms with E-state index in [1.807, 2.05) is 30.3 Å². The Hall–Kier alpha value is -3.34. The molecule has 10 nitrogen and oxygen atoms in total. The minimum atomic E-state index is 0.479. The topological polar surface area (TPSA) is 132 Å². The third kappa shape index (κ3) is 9.77. The van der Waals surface area contributed by atoms with Crippen molar-refractivity contribution >= 4 is 17.8 Å². The number of nitrogens with zero attached hydrogens (tertiary/aromatic N) is 4. The van der Waals surface area contributed by atoms with Crippen molar-refractivity contribution < 1.29 is 9.47 Å². The summed E-state index contributed by atoms with van der Waals surface area (Å²) in [5.41, 5.74) is 7.72. The zero-order chi connectivity index (χ0) is 23.0. The van der Waals surface area contributed by atoms with Gasteiger partial charge in [0.05, 0.1) is 26.4 Å². The van der Waals surface area contributed by atoms with Gasteiger partial charge in [0.25, 0.3) is 0 Å². The molecule has 5 N–H and O–H groups in total. The highest BCUT2D eigenvalue weighted by molar-refractivity contribution is 5.42. The predicted octanol–water partition coefficient (Wildman–Crippen LogP) is 1.94. The van der Waals surface area contributed by atoms with Crippen LogP contribution in [-0.4, -0.2) is 66.0 Å². The quantitative estimate of drug-likeness (QED) is 0.239. The first-order valence-electron chi connectivity index (χ1n) is 11.1. The average Bonchev–Trinajstić information content (AvgIpc) is 2.86. The van der Waals surface area contributed by atoms with E-state index in [0.717, 1.165) is 12.0 Å². The number of hydrogen-bond acceptors (Lipinski definition) is 10. The van der Waals surface area contributed by atoms with Gasteiger partial charge in [-0.25, -0.2) is 0 Å². The van der Waals surface area contributed by atoms with E-state index in [4.69, 9.17) is 15.2 Å². The number of anilines is 3. The molecule has 0 aliphatic rings. The Kier molecular flexibility index (Phi) is 10.8. The zero-order valence-corrected chi connectivity index (χ0v) is 18.7. The summed E-state index contributed by atoms with van der Waals surface area (Å²) in [4.78, 5) is 17.5. The Morgan fingerprint density at radius 2 is 1.30 bits per heavy atom. The molecule has 0 unspecified atom stereocenters. The van der Waals surface area contributed by atoms with Crippen LogP contribution in [0.3, 0.4) is 0 Å². The molecule has 1 aromatic carbocycles. The van der Waals surface area contributed by atoms with E-state index in [0.29, 0.717) is 70.5 Å². The first-order valence-corrected chi connectivity index (χ1v) is 11.1. The van der Waals surface area contributed by atoms with E-state index >= 15 is 0 Å². The monoisotopic (exact) mass is 452 g/mol. The van der Waals surface area contributed by atoms with Crippen LogP contribution in [0.5, 0.6) is 0 Å². The number of ether oxygens (including phenoxy) is 2. The molecule has 0 saturated carbocycles. The fraction of sp³-hybridized carbons (Fsp3) is 0.391. The second-order valence-electron chi connectivity index (χ2n) is 7.12. The standard InChI is InChI=1S/C23H32N8O2/c24-9-14-32-16-17-33-15-13-27-22-29-21(26-12-8-19-4-2-1-3-5-19)30-23(31-22)28-18-20-6-10-25-11-7-20/h1-7,10-11H,8-9,12-18,24H2,(H3,26,27,28,29,30,31). The van der Waals surface area contributed by atoms with Crippen molar-refractivity contribution in [1.82, 2.24) is 19.9 Å². The molecule has 10 heteroatoms.